The zero-order valence-electron chi connectivity index (χ0n) is 14.2. The van der Waals surface area contributed by atoms with E-state index in [9.17, 15) is 5.11 Å². The number of aromatic nitrogens is 2. The molecular formula is C19H20ClN4O2+. The third-order valence-corrected chi connectivity index (χ3v) is 4.92. The normalized spacial score (nSPS) is 15.3. The molecule has 0 spiro atoms. The molecule has 7 heteroatoms. The number of anilines is 1. The van der Waals surface area contributed by atoms with Crippen LogP contribution >= 0.6 is 11.6 Å². The van der Waals surface area contributed by atoms with Crippen LogP contribution in [0.3, 0.4) is 0 Å². The van der Waals surface area contributed by atoms with Crippen LogP contribution in [-0.4, -0.2) is 41.4 Å². The minimum Gasteiger partial charge on any atom is -0.506 e. The van der Waals surface area contributed by atoms with Crippen molar-refractivity contribution in [1.29, 1.82) is 0 Å². The van der Waals surface area contributed by atoms with E-state index in [0.29, 0.717) is 29.0 Å². The van der Waals surface area contributed by atoms with Crippen LogP contribution in [0.5, 0.6) is 5.75 Å². The van der Waals surface area contributed by atoms with Crippen LogP contribution in [0.25, 0.3) is 11.4 Å². The van der Waals surface area contributed by atoms with Gasteiger partial charge in [0.15, 0.2) is 6.54 Å². The molecule has 134 valence electrons. The maximum atomic E-state index is 10.0. The first kappa shape index (κ1) is 16.9. The molecule has 2 N–H and O–H groups in total. The van der Waals surface area contributed by atoms with Gasteiger partial charge in [-0.3, -0.25) is 0 Å². The Hall–Kier alpha value is -2.57. The number of para-hydroxylation sites is 2. The lowest BCUT2D eigenvalue weighted by Gasteiger charge is -2.33. The fourth-order valence-electron chi connectivity index (χ4n) is 3.23. The van der Waals surface area contributed by atoms with Crippen LogP contribution in [0.4, 0.5) is 5.69 Å². The highest BCUT2D eigenvalue weighted by Crippen LogP contribution is 2.26. The fraction of sp³-hybridized carbons (Fsp3) is 0.263. The number of quaternary nitrogens is 1. The average molecular weight is 372 g/mol. The summed E-state index contributed by atoms with van der Waals surface area (Å²) in [5.41, 5.74) is 1.79. The number of benzene rings is 2. The highest BCUT2D eigenvalue weighted by Gasteiger charge is 2.23. The SMILES string of the molecule is Oc1ccccc1N1CC[NH+](Cc2nc(-c3ccc(Cl)cc3)no2)CC1. The van der Waals surface area contributed by atoms with Gasteiger partial charge >= 0.3 is 0 Å². The number of aromatic hydroxyl groups is 1. The van der Waals surface area contributed by atoms with Gasteiger partial charge < -0.3 is 19.4 Å². The number of piperazine rings is 1. The van der Waals surface area contributed by atoms with Crippen LogP contribution in [0.1, 0.15) is 5.89 Å². The van der Waals surface area contributed by atoms with E-state index in [1.807, 2.05) is 42.5 Å². The molecule has 26 heavy (non-hydrogen) atoms. The van der Waals surface area contributed by atoms with E-state index in [-0.39, 0.29) is 0 Å². The van der Waals surface area contributed by atoms with Crippen molar-refractivity contribution in [3.8, 4) is 17.1 Å². The Balaban J connectivity index is 1.36. The van der Waals surface area contributed by atoms with Gasteiger partial charge in [0.25, 0.3) is 5.89 Å². The predicted molar refractivity (Wildman–Crippen MR) is 99.5 cm³/mol. The molecule has 2 aromatic carbocycles. The van der Waals surface area contributed by atoms with E-state index >= 15 is 0 Å². The lowest BCUT2D eigenvalue weighted by Crippen LogP contribution is -3.13. The number of nitrogens with zero attached hydrogens (tertiary/aromatic N) is 3. The second-order valence-corrected chi connectivity index (χ2v) is 6.86. The van der Waals surface area contributed by atoms with E-state index in [4.69, 9.17) is 16.1 Å². The van der Waals surface area contributed by atoms with Gasteiger partial charge in [0, 0.05) is 10.6 Å². The summed E-state index contributed by atoms with van der Waals surface area (Å²) < 4.78 is 5.41. The molecule has 0 atom stereocenters. The largest absolute Gasteiger partial charge is 0.506 e. The van der Waals surface area contributed by atoms with Crippen molar-refractivity contribution in [3.63, 3.8) is 0 Å². The van der Waals surface area contributed by atoms with E-state index in [1.54, 1.807) is 6.07 Å². The maximum Gasteiger partial charge on any atom is 0.282 e. The lowest BCUT2D eigenvalue weighted by molar-refractivity contribution is -0.915. The molecule has 0 unspecified atom stereocenters. The molecule has 1 aromatic heterocycles. The molecule has 1 fully saturated rings. The molecule has 1 aliphatic rings. The quantitative estimate of drug-likeness (QED) is 0.734. The minimum atomic E-state index is 0.334. The van der Waals surface area contributed by atoms with Crippen molar-refractivity contribution in [2.75, 3.05) is 31.1 Å². The van der Waals surface area contributed by atoms with E-state index in [2.05, 4.69) is 15.0 Å². The highest BCUT2D eigenvalue weighted by molar-refractivity contribution is 6.30. The minimum absolute atomic E-state index is 0.334. The molecule has 6 nitrogen and oxygen atoms in total. The van der Waals surface area contributed by atoms with Gasteiger partial charge in [0.05, 0.1) is 31.9 Å². The molecule has 0 aliphatic carbocycles. The summed E-state index contributed by atoms with van der Waals surface area (Å²) in [5.74, 6) is 1.56. The summed E-state index contributed by atoms with van der Waals surface area (Å²) >= 11 is 5.91. The summed E-state index contributed by atoms with van der Waals surface area (Å²) in [6.45, 7) is 4.37. The Morgan fingerprint density at radius 2 is 1.81 bits per heavy atom. The maximum absolute atomic E-state index is 10.0. The van der Waals surface area contributed by atoms with E-state index in [0.717, 1.165) is 37.4 Å². The summed E-state index contributed by atoms with van der Waals surface area (Å²) in [6.07, 6.45) is 0. The monoisotopic (exact) mass is 371 g/mol. The van der Waals surface area contributed by atoms with Crippen molar-refractivity contribution < 1.29 is 14.5 Å². The number of hydrogen-bond donors (Lipinski definition) is 2. The van der Waals surface area contributed by atoms with Crippen molar-refractivity contribution in [2.45, 2.75) is 6.54 Å². The molecule has 1 saturated heterocycles. The van der Waals surface area contributed by atoms with Gasteiger partial charge in [-0.05, 0) is 36.4 Å². The van der Waals surface area contributed by atoms with E-state index < -0.39 is 0 Å². The van der Waals surface area contributed by atoms with Gasteiger partial charge in [0.2, 0.25) is 5.82 Å². The van der Waals surface area contributed by atoms with Crippen LogP contribution in [0, 0.1) is 0 Å². The number of nitrogens with one attached hydrogen (secondary N) is 1. The number of rotatable bonds is 4. The van der Waals surface area contributed by atoms with Gasteiger partial charge in [-0.25, -0.2) is 0 Å². The Morgan fingerprint density at radius 1 is 1.08 bits per heavy atom. The first-order valence-electron chi connectivity index (χ1n) is 8.64. The predicted octanol–water partition coefficient (Wildman–Crippen LogP) is 2.00. The Labute approximate surface area is 156 Å². The number of halogens is 1. The molecule has 2 heterocycles. The van der Waals surface area contributed by atoms with Crippen molar-refractivity contribution in [1.82, 2.24) is 10.1 Å². The van der Waals surface area contributed by atoms with Crippen LogP contribution in [-0.2, 0) is 6.54 Å². The average Bonchev–Trinajstić information content (AvgIpc) is 3.12. The standard InChI is InChI=1S/C19H19ClN4O2/c20-15-7-5-14(6-8-15)19-21-18(26-22-19)13-23-9-11-24(12-10-23)16-3-1-2-4-17(16)25/h1-8,25H,9-13H2/p+1. The molecule has 3 aromatic rings. The van der Waals surface area contributed by atoms with Crippen molar-refractivity contribution in [3.05, 3.63) is 59.4 Å². The van der Waals surface area contributed by atoms with Gasteiger partial charge in [-0.15, -0.1) is 0 Å². The number of hydrogen-bond acceptors (Lipinski definition) is 5. The second-order valence-electron chi connectivity index (χ2n) is 6.42. The molecule has 4 rings (SSSR count). The van der Waals surface area contributed by atoms with Crippen LogP contribution in [0.2, 0.25) is 5.02 Å². The number of phenolic OH excluding ortho intramolecular Hbond substituents is 1. The Bertz CT molecular complexity index is 873. The second kappa shape index (κ2) is 7.35. The summed E-state index contributed by atoms with van der Waals surface area (Å²) in [6, 6.07) is 14.9. The van der Waals surface area contributed by atoms with Gasteiger partial charge in [-0.2, -0.15) is 4.98 Å². The third-order valence-electron chi connectivity index (χ3n) is 4.66. The molecule has 0 radical (unpaired) electrons. The number of phenols is 1. The topological polar surface area (TPSA) is 66.8 Å². The fourth-order valence-corrected chi connectivity index (χ4v) is 3.35. The lowest BCUT2D eigenvalue weighted by atomic mass is 10.2. The van der Waals surface area contributed by atoms with Crippen molar-refractivity contribution in [2.24, 2.45) is 0 Å². The Kier molecular flexibility index (Phi) is 4.77. The van der Waals surface area contributed by atoms with Crippen molar-refractivity contribution >= 4 is 17.3 Å². The van der Waals surface area contributed by atoms with E-state index in [1.165, 1.54) is 4.90 Å². The molecule has 1 aliphatic heterocycles. The first-order chi connectivity index (χ1) is 12.7. The Morgan fingerprint density at radius 3 is 2.54 bits per heavy atom. The van der Waals surface area contributed by atoms with Crippen LogP contribution in [0.15, 0.2) is 53.1 Å². The smallest absolute Gasteiger partial charge is 0.282 e. The molecule has 0 amide bonds. The third kappa shape index (κ3) is 3.66. The molecular weight excluding hydrogens is 352 g/mol. The molecule has 0 saturated carbocycles. The first-order valence-corrected chi connectivity index (χ1v) is 9.02. The highest BCUT2D eigenvalue weighted by atomic mass is 35.5. The zero-order chi connectivity index (χ0) is 17.9. The van der Waals surface area contributed by atoms with Gasteiger partial charge in [0.1, 0.15) is 5.75 Å². The summed E-state index contributed by atoms with van der Waals surface area (Å²) in [4.78, 5) is 8.11. The molecule has 0 bridgehead atoms. The van der Waals surface area contributed by atoms with Crippen LogP contribution < -0.4 is 9.80 Å². The summed E-state index contributed by atoms with van der Waals surface area (Å²) in [7, 11) is 0. The summed E-state index contributed by atoms with van der Waals surface area (Å²) in [5, 5.41) is 14.8. The zero-order valence-corrected chi connectivity index (χ0v) is 15.0. The van der Waals surface area contributed by atoms with Gasteiger partial charge in [-0.1, -0.05) is 28.9 Å².